The molecule has 0 aliphatic carbocycles. The molecule has 0 bridgehead atoms. The zero-order valence-corrected chi connectivity index (χ0v) is 27.0. The molecule has 2 heterocycles. The van der Waals surface area contributed by atoms with Crippen molar-refractivity contribution in [2.45, 2.75) is 77.3 Å². The Bertz CT molecular complexity index is 1460. The van der Waals surface area contributed by atoms with Gasteiger partial charge in [0.05, 0.1) is 29.7 Å². The lowest BCUT2D eigenvalue weighted by molar-refractivity contribution is -0.162. The number of nitrogens with zero attached hydrogens (tertiary/aromatic N) is 2. The molecular formula is C31H38Cl2F2N2O5S. The Morgan fingerprint density at radius 3 is 2.19 bits per heavy atom. The van der Waals surface area contributed by atoms with Crippen LogP contribution in [0.15, 0.2) is 48.5 Å². The number of alkyl halides is 2. The number of carbonyl (C=O) groups is 2. The molecule has 2 aliphatic heterocycles. The van der Waals surface area contributed by atoms with Gasteiger partial charge in [0.15, 0.2) is 0 Å². The summed E-state index contributed by atoms with van der Waals surface area (Å²) in [5.74, 6) is -5.53. The Hall–Kier alpha value is -2.27. The van der Waals surface area contributed by atoms with E-state index in [0.29, 0.717) is 15.6 Å². The fourth-order valence-electron chi connectivity index (χ4n) is 6.37. The lowest BCUT2D eigenvalue weighted by Crippen LogP contribution is -2.61. The molecule has 7 nitrogen and oxygen atoms in total. The fourth-order valence-corrected chi connectivity index (χ4v) is 8.70. The molecule has 0 unspecified atom stereocenters. The minimum Gasteiger partial charge on any atom is -0.481 e. The summed E-state index contributed by atoms with van der Waals surface area (Å²) >= 11 is 12.6. The maximum Gasteiger partial charge on any atom is 0.304 e. The highest BCUT2D eigenvalue weighted by atomic mass is 35.5. The van der Waals surface area contributed by atoms with Crippen LogP contribution in [0.1, 0.15) is 76.5 Å². The Balaban J connectivity index is 1.90. The van der Waals surface area contributed by atoms with Crippen LogP contribution in [0.25, 0.3) is 0 Å². The molecular weight excluding hydrogens is 621 g/mol. The van der Waals surface area contributed by atoms with Crippen molar-refractivity contribution < 1.29 is 31.9 Å². The average molecular weight is 660 g/mol. The molecule has 0 aromatic heterocycles. The molecule has 236 valence electrons. The minimum absolute atomic E-state index is 0.174. The molecule has 4 atom stereocenters. The van der Waals surface area contributed by atoms with E-state index in [-0.39, 0.29) is 19.5 Å². The van der Waals surface area contributed by atoms with E-state index in [9.17, 15) is 31.9 Å². The summed E-state index contributed by atoms with van der Waals surface area (Å²) in [6.07, 6.45) is -1.43. The normalized spacial score (nSPS) is 25.9. The van der Waals surface area contributed by atoms with Crippen molar-refractivity contribution in [2.75, 3.05) is 18.8 Å². The topological polar surface area (TPSA) is 95.0 Å². The average Bonchev–Trinajstić information content (AvgIpc) is 2.88. The number of carboxylic acid groups (broad SMARTS) is 1. The quantitative estimate of drug-likeness (QED) is 0.329. The maximum absolute atomic E-state index is 14.6. The van der Waals surface area contributed by atoms with Crippen molar-refractivity contribution in [3.05, 3.63) is 69.7 Å². The second kappa shape index (κ2) is 12.3. The Labute approximate surface area is 262 Å². The molecule has 4 rings (SSSR count). The van der Waals surface area contributed by atoms with Crippen molar-refractivity contribution in [1.29, 1.82) is 0 Å². The highest BCUT2D eigenvalue weighted by molar-refractivity contribution is 7.89. The molecule has 1 N–H and O–H groups in total. The van der Waals surface area contributed by atoms with Gasteiger partial charge in [-0.25, -0.2) is 21.5 Å². The van der Waals surface area contributed by atoms with Gasteiger partial charge in [-0.3, -0.25) is 9.59 Å². The van der Waals surface area contributed by atoms with E-state index in [1.807, 2.05) is 26.8 Å². The summed E-state index contributed by atoms with van der Waals surface area (Å²) in [6, 6.07) is 12.5. The van der Waals surface area contributed by atoms with E-state index >= 15 is 0 Å². The number of likely N-dealkylation sites (tertiary alicyclic amines) is 1. The third kappa shape index (κ3) is 7.52. The standard InChI is InChI=1S/C31H38Cl2F2N2O5S/c1-29(2,3)25(19-43(41,42)36-14-12-31(34,35)13-15-36)37-27(20-8-10-22(32)11-9-20)24(21-6-5-7-23(33)16-21)17-30(4,28(37)40)18-26(38)39/h5-11,16,24-25,27H,12-15,17-19H2,1-4H3,(H,38,39)/t24-,25-,27-,30-/m1/s1. The van der Waals surface area contributed by atoms with E-state index in [1.165, 1.54) is 0 Å². The summed E-state index contributed by atoms with van der Waals surface area (Å²) in [5.41, 5.74) is -0.713. The van der Waals surface area contributed by atoms with Crippen molar-refractivity contribution in [3.8, 4) is 0 Å². The van der Waals surface area contributed by atoms with Gasteiger partial charge in [-0.05, 0) is 47.2 Å². The van der Waals surface area contributed by atoms with Gasteiger partial charge in [0.1, 0.15) is 0 Å². The minimum atomic E-state index is -4.10. The van der Waals surface area contributed by atoms with E-state index in [1.54, 1.807) is 54.3 Å². The number of sulfonamides is 1. The zero-order chi connectivity index (χ0) is 32.0. The third-order valence-corrected chi connectivity index (χ3v) is 11.1. The fraction of sp³-hybridized carbons (Fsp3) is 0.548. The van der Waals surface area contributed by atoms with Crippen molar-refractivity contribution in [2.24, 2.45) is 10.8 Å². The number of benzene rings is 2. The molecule has 2 saturated heterocycles. The highest BCUT2D eigenvalue weighted by Crippen LogP contribution is 2.53. The second-order valence-electron chi connectivity index (χ2n) is 13.1. The van der Waals surface area contributed by atoms with Gasteiger partial charge in [-0.1, -0.05) is 75.2 Å². The first kappa shape index (κ1) is 33.6. The summed E-state index contributed by atoms with van der Waals surface area (Å²) in [5, 5.41) is 10.8. The summed E-state index contributed by atoms with van der Waals surface area (Å²) in [6.45, 7) is 6.43. The van der Waals surface area contributed by atoms with Gasteiger partial charge in [0, 0.05) is 41.9 Å². The Kier molecular flexibility index (Phi) is 9.58. The predicted octanol–water partition coefficient (Wildman–Crippen LogP) is 7.01. The lowest BCUT2D eigenvalue weighted by atomic mass is 9.66. The van der Waals surface area contributed by atoms with Crippen LogP contribution in [0.2, 0.25) is 10.0 Å². The van der Waals surface area contributed by atoms with Gasteiger partial charge in [-0.2, -0.15) is 0 Å². The third-order valence-electron chi connectivity index (χ3n) is 8.68. The summed E-state index contributed by atoms with van der Waals surface area (Å²) < 4.78 is 56.6. The molecule has 12 heteroatoms. The highest BCUT2D eigenvalue weighted by Gasteiger charge is 2.55. The number of aliphatic carboxylic acids is 1. The number of carboxylic acids is 1. The van der Waals surface area contributed by atoms with Gasteiger partial charge in [0.2, 0.25) is 15.9 Å². The van der Waals surface area contributed by atoms with Crippen molar-refractivity contribution in [1.82, 2.24) is 9.21 Å². The molecule has 0 radical (unpaired) electrons. The largest absolute Gasteiger partial charge is 0.481 e. The van der Waals surface area contributed by atoms with Crippen LogP contribution < -0.4 is 0 Å². The Morgan fingerprint density at radius 2 is 1.65 bits per heavy atom. The first-order valence-electron chi connectivity index (χ1n) is 14.2. The SMILES string of the molecule is CC(C)(C)[C@@H](CS(=O)(=O)N1CCC(F)(F)CC1)N1C(=O)[C@@](C)(CC(=O)O)C[C@H](c2cccc(Cl)c2)[C@H]1c1ccc(Cl)cc1. The van der Waals surface area contributed by atoms with Gasteiger partial charge in [0.25, 0.3) is 5.92 Å². The number of rotatable bonds is 8. The number of halogens is 4. The smallest absolute Gasteiger partial charge is 0.304 e. The van der Waals surface area contributed by atoms with Crippen molar-refractivity contribution >= 4 is 45.1 Å². The molecule has 2 aliphatic rings. The van der Waals surface area contributed by atoms with Gasteiger partial charge in [-0.15, -0.1) is 0 Å². The van der Waals surface area contributed by atoms with Crippen LogP contribution in [0.5, 0.6) is 0 Å². The van der Waals surface area contributed by atoms with Crippen LogP contribution in [0.4, 0.5) is 8.78 Å². The zero-order valence-electron chi connectivity index (χ0n) is 24.7. The van der Waals surface area contributed by atoms with Crippen LogP contribution in [0, 0.1) is 10.8 Å². The first-order chi connectivity index (χ1) is 19.8. The molecule has 2 fully saturated rings. The maximum atomic E-state index is 14.6. The van der Waals surface area contributed by atoms with E-state index < -0.39 is 81.7 Å². The van der Waals surface area contributed by atoms with Crippen LogP contribution >= 0.6 is 23.2 Å². The number of piperidine rings is 2. The number of amides is 1. The van der Waals surface area contributed by atoms with Crippen LogP contribution in [-0.2, 0) is 19.6 Å². The molecule has 0 saturated carbocycles. The molecule has 1 amide bonds. The number of hydrogen-bond acceptors (Lipinski definition) is 4. The predicted molar refractivity (Wildman–Crippen MR) is 163 cm³/mol. The molecule has 2 aromatic rings. The molecule has 0 spiro atoms. The summed E-state index contributed by atoms with van der Waals surface area (Å²) in [4.78, 5) is 28.3. The monoisotopic (exact) mass is 658 g/mol. The number of hydrogen-bond donors (Lipinski definition) is 1. The molecule has 2 aromatic carbocycles. The van der Waals surface area contributed by atoms with Gasteiger partial charge >= 0.3 is 5.97 Å². The van der Waals surface area contributed by atoms with E-state index in [0.717, 1.165) is 9.87 Å². The van der Waals surface area contributed by atoms with E-state index in [2.05, 4.69) is 0 Å². The van der Waals surface area contributed by atoms with Crippen molar-refractivity contribution in [3.63, 3.8) is 0 Å². The molecule has 43 heavy (non-hydrogen) atoms. The van der Waals surface area contributed by atoms with Crippen LogP contribution in [0.3, 0.4) is 0 Å². The van der Waals surface area contributed by atoms with Gasteiger partial charge < -0.3 is 10.0 Å². The Morgan fingerprint density at radius 1 is 1.05 bits per heavy atom. The summed E-state index contributed by atoms with van der Waals surface area (Å²) in [7, 11) is -4.10. The van der Waals surface area contributed by atoms with E-state index in [4.69, 9.17) is 23.2 Å². The first-order valence-corrected chi connectivity index (χ1v) is 16.6. The second-order valence-corrected chi connectivity index (χ2v) is 16.0. The van der Waals surface area contributed by atoms with Crippen LogP contribution in [-0.4, -0.2) is 65.4 Å². The number of carbonyl (C=O) groups excluding carboxylic acids is 1. The lowest BCUT2D eigenvalue weighted by Gasteiger charge is -2.54.